The fraction of sp³-hybridized carbons (Fsp3) is 0.263. The molecule has 0 atom stereocenters. The molecule has 0 fully saturated rings. The summed E-state index contributed by atoms with van der Waals surface area (Å²) < 4.78 is 37.0. The van der Waals surface area contributed by atoms with Crippen LogP contribution in [0.4, 0.5) is 24.5 Å². The standard InChI is InChI=1S/C19H18F3N3O2S/c20-19(21,22)12-24-18(27)13-5-1-2-6-14(13)23-11-17(26)25-9-10-28-16-8-4-3-7-15(16)25/h1-8,23H,9-12H2,(H,24,27). The molecule has 2 amide bonds. The van der Waals surface area contributed by atoms with Crippen molar-refractivity contribution in [2.75, 3.05) is 35.6 Å². The summed E-state index contributed by atoms with van der Waals surface area (Å²) >= 11 is 1.68. The van der Waals surface area contributed by atoms with Crippen molar-refractivity contribution in [3.63, 3.8) is 0 Å². The first-order chi connectivity index (χ1) is 13.3. The van der Waals surface area contributed by atoms with Crippen molar-refractivity contribution in [3.05, 3.63) is 54.1 Å². The van der Waals surface area contributed by atoms with E-state index in [1.807, 2.05) is 29.6 Å². The summed E-state index contributed by atoms with van der Waals surface area (Å²) in [5.41, 5.74) is 1.19. The summed E-state index contributed by atoms with van der Waals surface area (Å²) in [4.78, 5) is 27.4. The molecular formula is C19H18F3N3O2S. The maximum absolute atomic E-state index is 12.7. The predicted octanol–water partition coefficient (Wildman–Crippen LogP) is 3.53. The van der Waals surface area contributed by atoms with Gasteiger partial charge in [0.05, 0.1) is 17.8 Å². The van der Waals surface area contributed by atoms with Crippen LogP contribution in [0.15, 0.2) is 53.4 Å². The second kappa shape index (κ2) is 8.55. The molecule has 148 valence electrons. The number of rotatable bonds is 5. The zero-order chi connectivity index (χ0) is 20.1. The van der Waals surface area contributed by atoms with Gasteiger partial charge in [0.1, 0.15) is 6.54 Å². The largest absolute Gasteiger partial charge is 0.405 e. The van der Waals surface area contributed by atoms with E-state index >= 15 is 0 Å². The number of nitrogens with one attached hydrogen (secondary N) is 2. The Morgan fingerprint density at radius 2 is 1.79 bits per heavy atom. The number of hydrogen-bond acceptors (Lipinski definition) is 4. The molecule has 0 saturated heterocycles. The van der Waals surface area contributed by atoms with Crippen LogP contribution in [0.25, 0.3) is 0 Å². The smallest absolute Gasteiger partial charge is 0.375 e. The average molecular weight is 409 g/mol. The number of thioether (sulfide) groups is 1. The van der Waals surface area contributed by atoms with Gasteiger partial charge in [0.15, 0.2) is 0 Å². The number of anilines is 2. The predicted molar refractivity (Wildman–Crippen MR) is 103 cm³/mol. The van der Waals surface area contributed by atoms with Gasteiger partial charge in [-0.05, 0) is 24.3 Å². The summed E-state index contributed by atoms with van der Waals surface area (Å²) in [5, 5.41) is 4.72. The first-order valence-electron chi connectivity index (χ1n) is 8.55. The third-order valence-electron chi connectivity index (χ3n) is 4.08. The Bertz CT molecular complexity index is 873. The van der Waals surface area contributed by atoms with Crippen LogP contribution in [0.1, 0.15) is 10.4 Å². The molecular weight excluding hydrogens is 391 g/mol. The highest BCUT2D eigenvalue weighted by molar-refractivity contribution is 7.99. The van der Waals surface area contributed by atoms with Crippen molar-refractivity contribution in [1.82, 2.24) is 5.32 Å². The van der Waals surface area contributed by atoms with Gasteiger partial charge >= 0.3 is 6.18 Å². The lowest BCUT2D eigenvalue weighted by molar-refractivity contribution is -0.123. The lowest BCUT2D eigenvalue weighted by Crippen LogP contribution is -2.39. The Balaban J connectivity index is 1.67. The summed E-state index contributed by atoms with van der Waals surface area (Å²) in [7, 11) is 0. The van der Waals surface area contributed by atoms with Crippen LogP contribution in [0.3, 0.4) is 0 Å². The monoisotopic (exact) mass is 409 g/mol. The minimum atomic E-state index is -4.49. The summed E-state index contributed by atoms with van der Waals surface area (Å²) in [5.74, 6) is -0.259. The molecule has 0 saturated carbocycles. The van der Waals surface area contributed by atoms with Crippen molar-refractivity contribution in [3.8, 4) is 0 Å². The van der Waals surface area contributed by atoms with E-state index in [4.69, 9.17) is 0 Å². The van der Waals surface area contributed by atoms with E-state index < -0.39 is 18.6 Å². The van der Waals surface area contributed by atoms with Gasteiger partial charge in [-0.25, -0.2) is 0 Å². The van der Waals surface area contributed by atoms with Gasteiger partial charge in [-0.15, -0.1) is 11.8 Å². The van der Waals surface area contributed by atoms with E-state index in [0.29, 0.717) is 12.2 Å². The minimum Gasteiger partial charge on any atom is -0.375 e. The highest BCUT2D eigenvalue weighted by Crippen LogP contribution is 2.34. The van der Waals surface area contributed by atoms with Crippen molar-refractivity contribution in [2.24, 2.45) is 0 Å². The quantitative estimate of drug-likeness (QED) is 0.793. The molecule has 2 aromatic carbocycles. The number of amides is 2. The molecule has 0 unspecified atom stereocenters. The summed E-state index contributed by atoms with van der Waals surface area (Å²) in [6.45, 7) is -0.931. The van der Waals surface area contributed by atoms with Gasteiger partial charge in [0.25, 0.3) is 5.91 Å². The fourth-order valence-electron chi connectivity index (χ4n) is 2.81. The van der Waals surface area contributed by atoms with Crippen LogP contribution in [-0.4, -0.2) is 43.4 Å². The zero-order valence-corrected chi connectivity index (χ0v) is 15.6. The molecule has 0 bridgehead atoms. The Labute approximate surface area is 164 Å². The zero-order valence-electron chi connectivity index (χ0n) is 14.8. The molecule has 1 aliphatic heterocycles. The van der Waals surface area contributed by atoms with Gasteiger partial charge in [0, 0.05) is 22.9 Å². The Hall–Kier alpha value is -2.68. The molecule has 1 aliphatic rings. The van der Waals surface area contributed by atoms with Crippen molar-refractivity contribution >= 4 is 35.0 Å². The van der Waals surface area contributed by atoms with Crippen LogP contribution in [0.2, 0.25) is 0 Å². The topological polar surface area (TPSA) is 61.4 Å². The second-order valence-electron chi connectivity index (χ2n) is 6.06. The number of fused-ring (bicyclic) bond motifs is 1. The van der Waals surface area contributed by atoms with Crippen LogP contribution in [0.5, 0.6) is 0 Å². The number of hydrogen-bond donors (Lipinski definition) is 2. The maximum Gasteiger partial charge on any atom is 0.405 e. The van der Waals surface area contributed by atoms with E-state index in [1.165, 1.54) is 6.07 Å². The molecule has 0 aliphatic carbocycles. The molecule has 2 aromatic rings. The molecule has 3 rings (SSSR count). The van der Waals surface area contributed by atoms with Crippen LogP contribution < -0.4 is 15.5 Å². The van der Waals surface area contributed by atoms with Crippen molar-refractivity contribution < 1.29 is 22.8 Å². The lowest BCUT2D eigenvalue weighted by atomic mass is 10.1. The van der Waals surface area contributed by atoms with Crippen molar-refractivity contribution in [2.45, 2.75) is 11.1 Å². The number of carbonyl (C=O) groups excluding carboxylic acids is 2. The number of benzene rings is 2. The van der Waals surface area contributed by atoms with Crippen LogP contribution >= 0.6 is 11.8 Å². The fourth-order valence-corrected chi connectivity index (χ4v) is 3.80. The third kappa shape index (κ3) is 4.98. The lowest BCUT2D eigenvalue weighted by Gasteiger charge is -2.29. The van der Waals surface area contributed by atoms with Gasteiger partial charge in [-0.3, -0.25) is 9.59 Å². The van der Waals surface area contributed by atoms with Crippen LogP contribution in [0, 0.1) is 0 Å². The molecule has 0 radical (unpaired) electrons. The molecule has 0 spiro atoms. The summed E-state index contributed by atoms with van der Waals surface area (Å²) in [6, 6.07) is 13.7. The number of carbonyl (C=O) groups is 2. The third-order valence-corrected chi connectivity index (χ3v) is 5.12. The highest BCUT2D eigenvalue weighted by atomic mass is 32.2. The van der Waals surface area contributed by atoms with Gasteiger partial charge in [-0.2, -0.15) is 13.2 Å². The Morgan fingerprint density at radius 1 is 1.07 bits per heavy atom. The first kappa shape index (κ1) is 20.1. The number of nitrogens with zero attached hydrogens (tertiary/aromatic N) is 1. The van der Waals surface area contributed by atoms with E-state index in [0.717, 1.165) is 16.3 Å². The Morgan fingerprint density at radius 3 is 2.57 bits per heavy atom. The Kier molecular flexibility index (Phi) is 6.13. The molecule has 1 heterocycles. The summed E-state index contributed by atoms with van der Waals surface area (Å²) in [6.07, 6.45) is -4.49. The van der Waals surface area contributed by atoms with Gasteiger partial charge < -0.3 is 15.5 Å². The maximum atomic E-state index is 12.7. The van der Waals surface area contributed by atoms with Crippen molar-refractivity contribution in [1.29, 1.82) is 0 Å². The average Bonchev–Trinajstić information content (AvgIpc) is 2.69. The second-order valence-corrected chi connectivity index (χ2v) is 7.20. The van der Waals surface area contributed by atoms with Gasteiger partial charge in [0.2, 0.25) is 5.91 Å². The minimum absolute atomic E-state index is 0.0501. The molecule has 0 aromatic heterocycles. The van der Waals surface area contributed by atoms with Gasteiger partial charge in [-0.1, -0.05) is 24.3 Å². The molecule has 2 N–H and O–H groups in total. The number of para-hydroxylation sites is 2. The molecule has 5 nitrogen and oxygen atoms in total. The normalized spacial score (nSPS) is 13.6. The SMILES string of the molecule is O=C(NCC(F)(F)F)c1ccccc1NCC(=O)N1CCSc2ccccc21. The number of halogens is 3. The van der Waals surface area contributed by atoms with E-state index in [1.54, 1.807) is 34.9 Å². The van der Waals surface area contributed by atoms with E-state index in [2.05, 4.69) is 5.32 Å². The first-order valence-corrected chi connectivity index (χ1v) is 9.54. The van der Waals surface area contributed by atoms with Crippen LogP contribution in [-0.2, 0) is 4.79 Å². The van der Waals surface area contributed by atoms with E-state index in [-0.39, 0.29) is 18.0 Å². The molecule has 28 heavy (non-hydrogen) atoms. The van der Waals surface area contributed by atoms with E-state index in [9.17, 15) is 22.8 Å². The number of alkyl halides is 3. The molecule has 9 heteroatoms. The highest BCUT2D eigenvalue weighted by Gasteiger charge is 2.28.